The predicted molar refractivity (Wildman–Crippen MR) is 93.8 cm³/mol. The van der Waals surface area contributed by atoms with Crippen molar-refractivity contribution >= 4 is 17.5 Å². The van der Waals surface area contributed by atoms with E-state index in [4.69, 9.17) is 4.74 Å². The number of hydrogen-bond donors (Lipinski definition) is 2. The molecule has 2 N–H and O–H groups in total. The molecule has 132 valence electrons. The molecule has 1 aliphatic rings. The Hall–Kier alpha value is -1.92. The van der Waals surface area contributed by atoms with Crippen LogP contribution in [0.15, 0.2) is 24.3 Å². The molecule has 6 heteroatoms. The van der Waals surface area contributed by atoms with Gasteiger partial charge in [-0.05, 0) is 25.5 Å². The van der Waals surface area contributed by atoms with Crippen LogP contribution >= 0.6 is 0 Å². The summed E-state index contributed by atoms with van der Waals surface area (Å²) in [6.45, 7) is 4.30. The molecule has 0 saturated carbocycles. The second kappa shape index (κ2) is 8.80. The Morgan fingerprint density at radius 1 is 1.25 bits per heavy atom. The number of methoxy groups -OCH3 is 1. The number of anilines is 1. The van der Waals surface area contributed by atoms with Crippen molar-refractivity contribution in [3.05, 3.63) is 29.8 Å². The average Bonchev–Trinajstić information content (AvgIpc) is 2.61. The van der Waals surface area contributed by atoms with Crippen molar-refractivity contribution in [3.8, 4) is 0 Å². The summed E-state index contributed by atoms with van der Waals surface area (Å²) in [7, 11) is 3.39. The topological polar surface area (TPSA) is 70.7 Å². The summed E-state index contributed by atoms with van der Waals surface area (Å²) in [6.07, 6.45) is 0.570. The van der Waals surface area contributed by atoms with Crippen molar-refractivity contribution < 1.29 is 14.3 Å². The summed E-state index contributed by atoms with van der Waals surface area (Å²) in [5, 5.41) is 6.15. The van der Waals surface area contributed by atoms with Crippen molar-refractivity contribution in [2.24, 2.45) is 11.8 Å². The number of nitrogens with one attached hydrogen (secondary N) is 2. The summed E-state index contributed by atoms with van der Waals surface area (Å²) in [5.41, 5.74) is 1.94. The average molecular weight is 333 g/mol. The summed E-state index contributed by atoms with van der Waals surface area (Å²) in [5.74, 6) is -0.352. The van der Waals surface area contributed by atoms with E-state index in [9.17, 15) is 9.59 Å². The van der Waals surface area contributed by atoms with Crippen molar-refractivity contribution in [2.45, 2.75) is 13.3 Å². The van der Waals surface area contributed by atoms with E-state index < -0.39 is 0 Å². The van der Waals surface area contributed by atoms with Crippen LogP contribution in [0.4, 0.5) is 5.69 Å². The molecule has 1 aromatic carbocycles. The lowest BCUT2D eigenvalue weighted by Crippen LogP contribution is -2.47. The zero-order valence-corrected chi connectivity index (χ0v) is 14.7. The molecule has 2 rings (SSSR count). The molecule has 24 heavy (non-hydrogen) atoms. The molecular formula is C18H27N3O3. The van der Waals surface area contributed by atoms with Gasteiger partial charge in [0.05, 0.1) is 18.4 Å². The van der Waals surface area contributed by atoms with E-state index in [1.54, 1.807) is 19.1 Å². The van der Waals surface area contributed by atoms with Crippen LogP contribution in [0, 0.1) is 18.8 Å². The first-order valence-corrected chi connectivity index (χ1v) is 8.33. The molecule has 1 saturated heterocycles. The van der Waals surface area contributed by atoms with Gasteiger partial charge in [-0.3, -0.25) is 9.59 Å². The maximum Gasteiger partial charge on any atom is 0.228 e. The van der Waals surface area contributed by atoms with Crippen molar-refractivity contribution in [1.29, 1.82) is 0 Å². The van der Waals surface area contributed by atoms with Gasteiger partial charge in [0.15, 0.2) is 0 Å². The smallest absolute Gasteiger partial charge is 0.228 e. The van der Waals surface area contributed by atoms with E-state index in [1.165, 1.54) is 0 Å². The SMILES string of the molecule is COCCN(C)C(=O)[C@H]1CNC[C@@H](C(=O)Nc2ccc(C)cc2)C1. The molecule has 0 aliphatic carbocycles. The number of piperidine rings is 1. The van der Waals surface area contributed by atoms with Gasteiger partial charge in [-0.1, -0.05) is 17.7 Å². The van der Waals surface area contributed by atoms with E-state index in [0.717, 1.165) is 11.3 Å². The maximum atomic E-state index is 12.5. The first-order chi connectivity index (χ1) is 11.5. The minimum atomic E-state index is -0.204. The quantitative estimate of drug-likeness (QED) is 0.822. The molecular weight excluding hydrogens is 306 g/mol. The van der Waals surface area contributed by atoms with Crippen molar-refractivity contribution in [3.63, 3.8) is 0 Å². The van der Waals surface area contributed by atoms with Gasteiger partial charge in [0.25, 0.3) is 0 Å². The number of carbonyl (C=O) groups is 2. The fourth-order valence-corrected chi connectivity index (χ4v) is 2.86. The molecule has 2 atom stereocenters. The molecule has 0 bridgehead atoms. The Bertz CT molecular complexity index is 559. The Kier molecular flexibility index (Phi) is 6.75. The van der Waals surface area contributed by atoms with Crippen LogP contribution in [0.3, 0.4) is 0 Å². The Labute approximate surface area is 143 Å². The number of hydrogen-bond acceptors (Lipinski definition) is 4. The van der Waals surface area contributed by atoms with Crippen LogP contribution in [0.25, 0.3) is 0 Å². The van der Waals surface area contributed by atoms with Crippen molar-refractivity contribution in [2.75, 3.05) is 45.7 Å². The van der Waals surface area contributed by atoms with Crippen molar-refractivity contribution in [1.82, 2.24) is 10.2 Å². The maximum absolute atomic E-state index is 12.5. The molecule has 2 amide bonds. The number of carbonyl (C=O) groups excluding carboxylic acids is 2. The van der Waals surface area contributed by atoms with Gasteiger partial charge in [-0.25, -0.2) is 0 Å². The summed E-state index contributed by atoms with van der Waals surface area (Å²) in [4.78, 5) is 26.6. The number of ether oxygens (including phenoxy) is 1. The van der Waals surface area contributed by atoms with Crippen LogP contribution < -0.4 is 10.6 Å². The number of amides is 2. The zero-order valence-electron chi connectivity index (χ0n) is 14.7. The third kappa shape index (κ3) is 5.04. The number of rotatable bonds is 6. The highest BCUT2D eigenvalue weighted by Gasteiger charge is 2.32. The van der Waals surface area contributed by atoms with Gasteiger partial charge in [-0.2, -0.15) is 0 Å². The first kappa shape index (κ1) is 18.4. The summed E-state index contributed by atoms with van der Waals surface area (Å²) >= 11 is 0. The normalized spacial score (nSPS) is 20.5. The van der Waals surface area contributed by atoms with Gasteiger partial charge in [0, 0.05) is 39.5 Å². The van der Waals surface area contributed by atoms with Gasteiger partial charge < -0.3 is 20.3 Å². The van der Waals surface area contributed by atoms with Crippen LogP contribution in [0.2, 0.25) is 0 Å². The predicted octanol–water partition coefficient (Wildman–Crippen LogP) is 1.26. The molecule has 0 aromatic heterocycles. The van der Waals surface area contributed by atoms with Gasteiger partial charge >= 0.3 is 0 Å². The molecule has 1 fully saturated rings. The number of benzene rings is 1. The minimum absolute atomic E-state index is 0.0385. The lowest BCUT2D eigenvalue weighted by molar-refractivity contribution is -0.136. The second-order valence-electron chi connectivity index (χ2n) is 6.40. The molecule has 1 aliphatic heterocycles. The molecule has 6 nitrogen and oxygen atoms in total. The minimum Gasteiger partial charge on any atom is -0.383 e. The highest BCUT2D eigenvalue weighted by molar-refractivity contribution is 5.93. The van der Waals surface area contributed by atoms with E-state index >= 15 is 0 Å². The Morgan fingerprint density at radius 2 is 1.92 bits per heavy atom. The van der Waals surface area contributed by atoms with Crippen LogP contribution in [-0.4, -0.2) is 57.1 Å². The van der Waals surface area contributed by atoms with E-state index in [0.29, 0.717) is 32.7 Å². The fraction of sp³-hybridized carbons (Fsp3) is 0.556. The monoisotopic (exact) mass is 333 g/mol. The zero-order chi connectivity index (χ0) is 17.5. The standard InChI is InChI=1S/C18H27N3O3/c1-13-4-6-16(7-5-13)20-17(22)14-10-15(12-19-11-14)18(23)21(2)8-9-24-3/h4-7,14-15,19H,8-12H2,1-3H3,(H,20,22)/t14-,15+/m0/s1. The van der Waals surface area contributed by atoms with Gasteiger partial charge in [-0.15, -0.1) is 0 Å². The Morgan fingerprint density at radius 3 is 2.58 bits per heavy atom. The Balaban J connectivity index is 1.90. The fourth-order valence-electron chi connectivity index (χ4n) is 2.86. The lowest BCUT2D eigenvalue weighted by Gasteiger charge is -2.31. The van der Waals surface area contributed by atoms with Crippen LogP contribution in [0.1, 0.15) is 12.0 Å². The number of nitrogens with zero attached hydrogens (tertiary/aromatic N) is 1. The highest BCUT2D eigenvalue weighted by atomic mass is 16.5. The van der Waals surface area contributed by atoms with Crippen LogP contribution in [0.5, 0.6) is 0 Å². The first-order valence-electron chi connectivity index (χ1n) is 8.33. The van der Waals surface area contributed by atoms with E-state index in [1.807, 2.05) is 31.2 Å². The largest absolute Gasteiger partial charge is 0.383 e. The number of aryl methyl sites for hydroxylation is 1. The second-order valence-corrected chi connectivity index (χ2v) is 6.40. The molecule has 0 radical (unpaired) electrons. The van der Waals surface area contributed by atoms with E-state index in [-0.39, 0.29) is 23.7 Å². The van der Waals surface area contributed by atoms with Gasteiger partial charge in [0.1, 0.15) is 0 Å². The van der Waals surface area contributed by atoms with Gasteiger partial charge in [0.2, 0.25) is 11.8 Å². The highest BCUT2D eigenvalue weighted by Crippen LogP contribution is 2.20. The molecule has 0 spiro atoms. The summed E-state index contributed by atoms with van der Waals surface area (Å²) in [6, 6.07) is 7.72. The van der Waals surface area contributed by atoms with E-state index in [2.05, 4.69) is 10.6 Å². The molecule has 1 heterocycles. The molecule has 0 unspecified atom stereocenters. The third-order valence-electron chi connectivity index (χ3n) is 4.40. The summed E-state index contributed by atoms with van der Waals surface area (Å²) < 4.78 is 5.01. The van der Waals surface area contributed by atoms with Crippen LogP contribution in [-0.2, 0) is 14.3 Å². The lowest BCUT2D eigenvalue weighted by atomic mass is 9.89. The third-order valence-corrected chi connectivity index (χ3v) is 4.40. The number of likely N-dealkylation sites (N-methyl/N-ethyl adjacent to an activating group) is 1. The molecule has 1 aromatic rings.